The second-order valence-electron chi connectivity index (χ2n) is 7.89. The summed E-state index contributed by atoms with van der Waals surface area (Å²) in [5.41, 5.74) is 2.57. The van der Waals surface area contributed by atoms with E-state index in [1.807, 2.05) is 18.2 Å². The Bertz CT molecular complexity index is 1280. The number of rotatable bonds is 5. The maximum atomic E-state index is 12.9. The fourth-order valence-corrected chi connectivity index (χ4v) is 5.13. The molecule has 0 saturated carbocycles. The summed E-state index contributed by atoms with van der Waals surface area (Å²) in [5.74, 6) is 1.38. The van der Waals surface area contributed by atoms with Gasteiger partial charge in [0.25, 0.3) is 5.91 Å². The van der Waals surface area contributed by atoms with E-state index in [2.05, 4.69) is 22.4 Å². The molecule has 0 aliphatic carbocycles. The zero-order valence-electron chi connectivity index (χ0n) is 18.3. The van der Waals surface area contributed by atoms with E-state index >= 15 is 0 Å². The molecule has 4 aromatic rings. The lowest BCUT2D eigenvalue weighted by molar-refractivity contribution is 0.0743. The first-order valence-electron chi connectivity index (χ1n) is 10.8. The molecular weight excluding hydrogens is 436 g/mol. The van der Waals surface area contributed by atoms with Gasteiger partial charge < -0.3 is 19.6 Å². The van der Waals surface area contributed by atoms with Crippen molar-refractivity contribution in [2.45, 2.75) is 6.61 Å². The predicted molar refractivity (Wildman–Crippen MR) is 130 cm³/mol. The molecule has 0 bridgehead atoms. The van der Waals surface area contributed by atoms with Crippen molar-refractivity contribution in [3.63, 3.8) is 0 Å². The van der Waals surface area contributed by atoms with Gasteiger partial charge in [-0.15, -0.1) is 11.3 Å². The van der Waals surface area contributed by atoms with Crippen LogP contribution in [0.3, 0.4) is 0 Å². The third kappa shape index (κ3) is 4.15. The van der Waals surface area contributed by atoms with Crippen LogP contribution < -0.4 is 4.90 Å². The fourth-order valence-electron chi connectivity index (χ4n) is 4.17. The SMILES string of the molecule is COCc1nc(N2CCN(C(=O)c3ccccc3O)CC2)c2c(-c3ccccc3)csc2n1. The molecule has 0 spiro atoms. The minimum atomic E-state index is -0.152. The number of phenolic OH excluding ortho intramolecular Hbond substituents is 1. The average Bonchev–Trinajstić information content (AvgIpc) is 3.28. The molecule has 2 aromatic carbocycles. The number of ether oxygens (including phenoxy) is 1. The van der Waals surface area contributed by atoms with Gasteiger partial charge in [0, 0.05) is 44.2 Å². The quantitative estimate of drug-likeness (QED) is 0.482. The van der Waals surface area contributed by atoms with E-state index in [-0.39, 0.29) is 11.7 Å². The molecule has 2 aromatic heterocycles. The highest BCUT2D eigenvalue weighted by molar-refractivity contribution is 7.17. The van der Waals surface area contributed by atoms with Gasteiger partial charge in [0.2, 0.25) is 0 Å². The number of benzene rings is 2. The molecule has 5 rings (SSSR count). The third-order valence-electron chi connectivity index (χ3n) is 5.82. The molecule has 1 fully saturated rings. The Hall–Kier alpha value is -3.49. The Kier molecular flexibility index (Phi) is 5.93. The second kappa shape index (κ2) is 9.17. The van der Waals surface area contributed by atoms with E-state index in [1.165, 1.54) is 0 Å². The number of hydrogen-bond donors (Lipinski definition) is 1. The highest BCUT2D eigenvalue weighted by Gasteiger charge is 2.27. The van der Waals surface area contributed by atoms with Gasteiger partial charge in [0.15, 0.2) is 5.82 Å². The first-order chi connectivity index (χ1) is 16.2. The van der Waals surface area contributed by atoms with Crippen molar-refractivity contribution in [1.82, 2.24) is 14.9 Å². The van der Waals surface area contributed by atoms with E-state index in [9.17, 15) is 9.90 Å². The summed E-state index contributed by atoms with van der Waals surface area (Å²) in [5, 5.41) is 13.2. The van der Waals surface area contributed by atoms with Gasteiger partial charge >= 0.3 is 0 Å². The Morgan fingerprint density at radius 3 is 2.48 bits per heavy atom. The minimum absolute atomic E-state index is 0.0115. The number of thiophene rings is 1. The Morgan fingerprint density at radius 2 is 1.76 bits per heavy atom. The third-order valence-corrected chi connectivity index (χ3v) is 6.69. The number of carbonyl (C=O) groups excluding carboxylic acids is 1. The number of piperazine rings is 1. The van der Waals surface area contributed by atoms with Crippen LogP contribution in [0.5, 0.6) is 5.75 Å². The van der Waals surface area contributed by atoms with E-state index in [0.29, 0.717) is 44.2 Å². The maximum Gasteiger partial charge on any atom is 0.257 e. The molecule has 1 amide bonds. The standard InChI is InChI=1S/C25H24N4O3S/c1-32-15-21-26-23(22-19(16-33-24(22)27-21)17-7-3-2-4-8-17)28-11-13-29(14-12-28)25(31)18-9-5-6-10-20(18)30/h2-10,16,30H,11-15H2,1H3. The molecular formula is C25H24N4O3S. The molecule has 168 valence electrons. The predicted octanol–water partition coefficient (Wildman–Crippen LogP) is 4.17. The van der Waals surface area contributed by atoms with Gasteiger partial charge in [0.05, 0.1) is 10.9 Å². The molecule has 0 atom stereocenters. The Balaban J connectivity index is 1.46. The van der Waals surface area contributed by atoms with Crippen LogP contribution in [-0.4, -0.2) is 59.2 Å². The molecule has 8 heteroatoms. The van der Waals surface area contributed by atoms with E-state index < -0.39 is 0 Å². The van der Waals surface area contributed by atoms with Crippen molar-refractivity contribution in [3.8, 4) is 16.9 Å². The summed E-state index contributed by atoms with van der Waals surface area (Å²) in [6, 6.07) is 16.9. The van der Waals surface area contributed by atoms with Crippen LogP contribution in [0, 0.1) is 0 Å². The molecule has 1 saturated heterocycles. The van der Waals surface area contributed by atoms with Crippen molar-refractivity contribution in [2.24, 2.45) is 0 Å². The number of fused-ring (bicyclic) bond motifs is 1. The zero-order chi connectivity index (χ0) is 22.8. The van der Waals surface area contributed by atoms with Gasteiger partial charge in [-0.25, -0.2) is 9.97 Å². The van der Waals surface area contributed by atoms with Gasteiger partial charge in [-0.3, -0.25) is 4.79 Å². The number of aromatic nitrogens is 2. The molecule has 7 nitrogen and oxygen atoms in total. The molecule has 1 aliphatic heterocycles. The maximum absolute atomic E-state index is 12.9. The number of aromatic hydroxyl groups is 1. The molecule has 0 unspecified atom stereocenters. The lowest BCUT2D eigenvalue weighted by atomic mass is 10.1. The largest absolute Gasteiger partial charge is 0.507 e. The van der Waals surface area contributed by atoms with Gasteiger partial charge in [-0.2, -0.15) is 0 Å². The summed E-state index contributed by atoms with van der Waals surface area (Å²) in [6.45, 7) is 2.71. The monoisotopic (exact) mass is 460 g/mol. The van der Waals surface area contributed by atoms with Gasteiger partial charge in [-0.05, 0) is 17.7 Å². The van der Waals surface area contributed by atoms with Crippen molar-refractivity contribution in [1.29, 1.82) is 0 Å². The number of methoxy groups -OCH3 is 1. The first kappa shape index (κ1) is 21.4. The summed E-state index contributed by atoms with van der Waals surface area (Å²) >= 11 is 1.61. The average molecular weight is 461 g/mol. The van der Waals surface area contributed by atoms with Crippen LogP contribution in [0.2, 0.25) is 0 Å². The molecule has 1 aliphatic rings. The lowest BCUT2D eigenvalue weighted by Crippen LogP contribution is -2.49. The second-order valence-corrected chi connectivity index (χ2v) is 8.75. The summed E-state index contributed by atoms with van der Waals surface area (Å²) in [4.78, 5) is 27.4. The highest BCUT2D eigenvalue weighted by atomic mass is 32.1. The number of anilines is 1. The van der Waals surface area contributed by atoms with Gasteiger partial charge in [0.1, 0.15) is 23.0 Å². The normalized spacial score (nSPS) is 14.1. The van der Waals surface area contributed by atoms with Crippen LogP contribution in [-0.2, 0) is 11.3 Å². The van der Waals surface area contributed by atoms with Crippen LogP contribution in [0.1, 0.15) is 16.2 Å². The Morgan fingerprint density at radius 1 is 1.03 bits per heavy atom. The molecule has 0 radical (unpaired) electrons. The summed E-state index contributed by atoms with van der Waals surface area (Å²) < 4.78 is 5.30. The van der Waals surface area contributed by atoms with Crippen molar-refractivity contribution in [3.05, 3.63) is 71.4 Å². The highest BCUT2D eigenvalue weighted by Crippen LogP contribution is 2.38. The minimum Gasteiger partial charge on any atom is -0.507 e. The topological polar surface area (TPSA) is 78.8 Å². The van der Waals surface area contributed by atoms with Crippen molar-refractivity contribution < 1.29 is 14.6 Å². The number of hydrogen-bond acceptors (Lipinski definition) is 7. The van der Waals surface area contributed by atoms with Crippen LogP contribution in [0.15, 0.2) is 60.0 Å². The number of carbonyl (C=O) groups is 1. The smallest absolute Gasteiger partial charge is 0.257 e. The molecule has 3 heterocycles. The Labute approximate surface area is 195 Å². The van der Waals surface area contributed by atoms with E-state index in [4.69, 9.17) is 14.7 Å². The van der Waals surface area contributed by atoms with E-state index in [0.717, 1.165) is 27.2 Å². The number of phenols is 1. The molecule has 33 heavy (non-hydrogen) atoms. The number of amides is 1. The van der Waals surface area contributed by atoms with Crippen LogP contribution in [0.4, 0.5) is 5.82 Å². The summed E-state index contributed by atoms with van der Waals surface area (Å²) in [6.07, 6.45) is 0. The molecule has 1 N–H and O–H groups in total. The van der Waals surface area contributed by atoms with Crippen LogP contribution >= 0.6 is 11.3 Å². The van der Waals surface area contributed by atoms with E-state index in [1.54, 1.807) is 47.6 Å². The first-order valence-corrected chi connectivity index (χ1v) is 11.7. The van der Waals surface area contributed by atoms with Gasteiger partial charge in [-0.1, -0.05) is 42.5 Å². The zero-order valence-corrected chi connectivity index (χ0v) is 19.1. The van der Waals surface area contributed by atoms with Crippen molar-refractivity contribution in [2.75, 3.05) is 38.2 Å². The van der Waals surface area contributed by atoms with Crippen molar-refractivity contribution >= 4 is 33.3 Å². The fraction of sp³-hybridized carbons (Fsp3) is 0.240. The lowest BCUT2D eigenvalue weighted by Gasteiger charge is -2.36. The van der Waals surface area contributed by atoms with Crippen LogP contribution in [0.25, 0.3) is 21.3 Å². The number of para-hydroxylation sites is 1. The number of nitrogens with zero attached hydrogens (tertiary/aromatic N) is 4. The summed E-state index contributed by atoms with van der Waals surface area (Å²) in [7, 11) is 1.64.